The number of hydrogen-bond donors (Lipinski definition) is 0. The molecular formula is C16H13F3N2O. The Morgan fingerprint density at radius 3 is 2.27 bits per heavy atom. The van der Waals surface area contributed by atoms with Crippen molar-refractivity contribution in [2.75, 3.05) is 0 Å². The average molecular weight is 306 g/mol. The van der Waals surface area contributed by atoms with Gasteiger partial charge in [-0.2, -0.15) is 18.4 Å². The van der Waals surface area contributed by atoms with Crippen LogP contribution in [-0.2, 0) is 19.2 Å². The largest absolute Gasteiger partial charge is 0.472 e. The van der Waals surface area contributed by atoms with Gasteiger partial charge in [0, 0.05) is 0 Å². The Hall–Kier alpha value is -2.55. The molecule has 1 heterocycles. The van der Waals surface area contributed by atoms with E-state index in [4.69, 9.17) is 10.00 Å². The maximum atomic E-state index is 12.6. The summed E-state index contributed by atoms with van der Waals surface area (Å²) in [7, 11) is 0. The van der Waals surface area contributed by atoms with Crippen LogP contribution >= 0.6 is 0 Å². The van der Waals surface area contributed by atoms with Crippen LogP contribution in [0.3, 0.4) is 0 Å². The second kappa shape index (κ2) is 6.48. The normalized spacial score (nSPS) is 11.0. The summed E-state index contributed by atoms with van der Waals surface area (Å²) in [5, 5.41) is 8.93. The zero-order valence-electron chi connectivity index (χ0n) is 11.8. The first-order valence-corrected chi connectivity index (χ1v) is 6.63. The quantitative estimate of drug-likeness (QED) is 0.854. The van der Waals surface area contributed by atoms with Crippen molar-refractivity contribution >= 4 is 0 Å². The van der Waals surface area contributed by atoms with Gasteiger partial charge in [-0.1, -0.05) is 31.2 Å². The van der Waals surface area contributed by atoms with Gasteiger partial charge in [0.15, 0.2) is 0 Å². The predicted octanol–water partition coefficient (Wildman–Crippen LogP) is 4.11. The Balaban J connectivity index is 2.18. The number of hydrogen-bond acceptors (Lipinski definition) is 3. The minimum atomic E-state index is -4.57. The van der Waals surface area contributed by atoms with Crippen LogP contribution in [-0.4, -0.2) is 4.98 Å². The highest BCUT2D eigenvalue weighted by Crippen LogP contribution is 2.30. The number of aryl methyl sites for hydroxylation is 1. The van der Waals surface area contributed by atoms with Crippen molar-refractivity contribution in [2.24, 2.45) is 0 Å². The van der Waals surface area contributed by atoms with E-state index in [1.165, 1.54) is 0 Å². The zero-order valence-corrected chi connectivity index (χ0v) is 11.8. The van der Waals surface area contributed by atoms with E-state index < -0.39 is 11.9 Å². The van der Waals surface area contributed by atoms with Gasteiger partial charge < -0.3 is 4.74 Å². The van der Waals surface area contributed by atoms with Crippen LogP contribution in [0.15, 0.2) is 36.4 Å². The fourth-order valence-electron chi connectivity index (χ4n) is 1.82. The lowest BCUT2D eigenvalue weighted by Crippen LogP contribution is -2.10. The molecule has 0 unspecified atom stereocenters. The summed E-state index contributed by atoms with van der Waals surface area (Å²) in [6.45, 7) is 2.07. The molecule has 0 N–H and O–H groups in total. The van der Waals surface area contributed by atoms with Crippen LogP contribution in [0.2, 0.25) is 0 Å². The summed E-state index contributed by atoms with van der Waals surface area (Å²) >= 11 is 0. The number of rotatable bonds is 4. The molecule has 0 saturated heterocycles. The highest BCUT2D eigenvalue weighted by atomic mass is 19.4. The topological polar surface area (TPSA) is 45.9 Å². The Morgan fingerprint density at radius 1 is 1.09 bits per heavy atom. The standard InChI is InChI=1S/C16H13F3N2O/c1-2-11-3-5-12(6-4-11)10-22-15-13(9-20)7-8-14(21-15)16(17,18)19/h3-8H,2,10H2,1H3. The summed E-state index contributed by atoms with van der Waals surface area (Å²) in [4.78, 5) is 3.39. The highest BCUT2D eigenvalue weighted by Gasteiger charge is 2.33. The highest BCUT2D eigenvalue weighted by molar-refractivity contribution is 5.39. The summed E-state index contributed by atoms with van der Waals surface area (Å²) in [6, 6.07) is 11.1. The molecule has 2 rings (SSSR count). The van der Waals surface area contributed by atoms with E-state index in [0.29, 0.717) is 0 Å². The van der Waals surface area contributed by atoms with Crippen LogP contribution in [0.25, 0.3) is 0 Å². The minimum Gasteiger partial charge on any atom is -0.472 e. The van der Waals surface area contributed by atoms with Crippen molar-refractivity contribution in [3.05, 3.63) is 58.8 Å². The molecule has 6 heteroatoms. The first-order chi connectivity index (χ1) is 10.4. The molecular weight excluding hydrogens is 293 g/mol. The van der Waals surface area contributed by atoms with Crippen molar-refractivity contribution in [1.29, 1.82) is 5.26 Å². The Labute approximate surface area is 126 Å². The maximum absolute atomic E-state index is 12.6. The van der Waals surface area contributed by atoms with Crippen molar-refractivity contribution in [2.45, 2.75) is 26.1 Å². The van der Waals surface area contributed by atoms with E-state index in [2.05, 4.69) is 4.98 Å². The first kappa shape index (κ1) is 15.8. The Bertz CT molecular complexity index is 688. The number of pyridine rings is 1. The summed E-state index contributed by atoms with van der Waals surface area (Å²) in [5.74, 6) is -0.308. The van der Waals surface area contributed by atoms with Crippen LogP contribution in [0, 0.1) is 11.3 Å². The predicted molar refractivity (Wildman–Crippen MR) is 74.1 cm³/mol. The molecule has 0 spiro atoms. The fourth-order valence-corrected chi connectivity index (χ4v) is 1.82. The second-order valence-electron chi connectivity index (χ2n) is 4.62. The lowest BCUT2D eigenvalue weighted by atomic mass is 10.1. The van der Waals surface area contributed by atoms with Gasteiger partial charge in [-0.05, 0) is 29.7 Å². The molecule has 114 valence electrons. The van der Waals surface area contributed by atoms with Gasteiger partial charge in [-0.15, -0.1) is 0 Å². The van der Waals surface area contributed by atoms with Crippen molar-refractivity contribution in [3.8, 4) is 11.9 Å². The number of nitrogens with zero attached hydrogens (tertiary/aromatic N) is 2. The van der Waals surface area contributed by atoms with Gasteiger partial charge in [-0.3, -0.25) is 0 Å². The van der Waals surface area contributed by atoms with Crippen LogP contribution in [0.1, 0.15) is 29.3 Å². The Morgan fingerprint density at radius 2 is 1.73 bits per heavy atom. The van der Waals surface area contributed by atoms with E-state index >= 15 is 0 Å². The molecule has 1 aromatic carbocycles. The summed E-state index contributed by atoms with van der Waals surface area (Å²) < 4.78 is 43.2. The maximum Gasteiger partial charge on any atom is 0.433 e. The third kappa shape index (κ3) is 3.76. The van der Waals surface area contributed by atoms with Gasteiger partial charge in [0.25, 0.3) is 0 Å². The number of alkyl halides is 3. The number of nitriles is 1. The third-order valence-electron chi connectivity index (χ3n) is 3.08. The van der Waals surface area contributed by atoms with Gasteiger partial charge in [0.2, 0.25) is 5.88 Å². The molecule has 3 nitrogen and oxygen atoms in total. The van der Waals surface area contributed by atoms with E-state index in [1.807, 2.05) is 31.2 Å². The fraction of sp³-hybridized carbons (Fsp3) is 0.250. The molecule has 0 saturated carbocycles. The zero-order chi connectivity index (χ0) is 16.2. The lowest BCUT2D eigenvalue weighted by molar-refractivity contribution is -0.141. The number of halogens is 3. The number of ether oxygens (including phenoxy) is 1. The minimum absolute atomic E-state index is 0.0295. The van der Waals surface area contributed by atoms with E-state index in [0.717, 1.165) is 29.7 Å². The van der Waals surface area contributed by atoms with Crippen molar-refractivity contribution in [1.82, 2.24) is 4.98 Å². The van der Waals surface area contributed by atoms with Crippen LogP contribution < -0.4 is 4.74 Å². The molecule has 0 aliphatic rings. The molecule has 0 radical (unpaired) electrons. The SMILES string of the molecule is CCc1ccc(COc2nc(C(F)(F)F)ccc2C#N)cc1. The molecule has 1 aromatic heterocycles. The summed E-state index contributed by atoms with van der Waals surface area (Å²) in [6.07, 6.45) is -3.68. The van der Waals surface area contributed by atoms with Gasteiger partial charge in [0.05, 0.1) is 0 Å². The molecule has 22 heavy (non-hydrogen) atoms. The molecule has 2 aromatic rings. The van der Waals surface area contributed by atoms with Gasteiger partial charge in [-0.25, -0.2) is 4.98 Å². The van der Waals surface area contributed by atoms with Crippen LogP contribution in [0.5, 0.6) is 5.88 Å². The average Bonchev–Trinajstić information content (AvgIpc) is 2.52. The summed E-state index contributed by atoms with van der Waals surface area (Å²) in [5.41, 5.74) is 0.833. The lowest BCUT2D eigenvalue weighted by Gasteiger charge is -2.11. The molecule has 0 fully saturated rings. The first-order valence-electron chi connectivity index (χ1n) is 6.63. The van der Waals surface area contributed by atoms with E-state index in [9.17, 15) is 13.2 Å². The van der Waals surface area contributed by atoms with Gasteiger partial charge in [0.1, 0.15) is 23.9 Å². The molecule has 0 amide bonds. The number of benzene rings is 1. The van der Waals surface area contributed by atoms with Gasteiger partial charge >= 0.3 is 6.18 Å². The molecule has 0 aliphatic heterocycles. The van der Waals surface area contributed by atoms with Crippen LogP contribution in [0.4, 0.5) is 13.2 Å². The smallest absolute Gasteiger partial charge is 0.433 e. The molecule has 0 aliphatic carbocycles. The molecule has 0 atom stereocenters. The van der Waals surface area contributed by atoms with E-state index in [1.54, 1.807) is 6.07 Å². The van der Waals surface area contributed by atoms with E-state index in [-0.39, 0.29) is 18.1 Å². The second-order valence-corrected chi connectivity index (χ2v) is 4.62. The van der Waals surface area contributed by atoms with Crippen molar-refractivity contribution < 1.29 is 17.9 Å². The third-order valence-corrected chi connectivity index (χ3v) is 3.08. The number of aromatic nitrogens is 1. The monoisotopic (exact) mass is 306 g/mol. The Kier molecular flexibility index (Phi) is 4.66. The molecule has 0 bridgehead atoms. The van der Waals surface area contributed by atoms with Crippen molar-refractivity contribution in [3.63, 3.8) is 0 Å².